The summed E-state index contributed by atoms with van der Waals surface area (Å²) in [6, 6.07) is 14.7. The van der Waals surface area contributed by atoms with Gasteiger partial charge in [0.25, 0.3) is 0 Å². The Morgan fingerprint density at radius 1 is 0.746 bits per heavy atom. The van der Waals surface area contributed by atoms with Gasteiger partial charge in [-0.05, 0) is 164 Å². The topological polar surface area (TPSA) is 179 Å². The van der Waals surface area contributed by atoms with E-state index in [1.54, 1.807) is 17.0 Å². The Balaban J connectivity index is 0.000000326. The summed E-state index contributed by atoms with van der Waals surface area (Å²) >= 11 is 11.3. The molecule has 3 amide bonds. The smallest absolute Gasteiger partial charge is 0.475 e. The number of carboxylic acids is 1. The lowest BCUT2D eigenvalue weighted by atomic mass is 9.79. The highest BCUT2D eigenvalue weighted by Crippen LogP contribution is 2.34. The van der Waals surface area contributed by atoms with Crippen molar-refractivity contribution in [3.63, 3.8) is 0 Å². The zero-order valence-corrected chi connectivity index (χ0v) is 42.6. The quantitative estimate of drug-likeness (QED) is 0.108. The average Bonchev–Trinajstić information content (AvgIpc) is 3.30. The van der Waals surface area contributed by atoms with Crippen LogP contribution in [0.2, 0.25) is 0 Å². The zero-order valence-electron chi connectivity index (χ0n) is 38.7. The van der Waals surface area contributed by atoms with Crippen molar-refractivity contribution in [2.45, 2.75) is 83.9 Å². The van der Waals surface area contributed by atoms with Crippen LogP contribution in [-0.4, -0.2) is 128 Å². The first-order chi connectivity index (χ1) is 31.6. The summed E-state index contributed by atoms with van der Waals surface area (Å²) in [4.78, 5) is 61.5. The molecular formula is C46H64Br2ClF3N6O9. The molecule has 0 saturated carbocycles. The van der Waals surface area contributed by atoms with Crippen LogP contribution < -0.4 is 10.6 Å². The largest absolute Gasteiger partial charge is 0.490 e. The fourth-order valence-electron chi connectivity index (χ4n) is 7.91. The molecule has 0 unspecified atom stereocenters. The number of benzene rings is 2. The van der Waals surface area contributed by atoms with Gasteiger partial charge in [-0.1, -0.05) is 31.9 Å². The van der Waals surface area contributed by atoms with E-state index in [4.69, 9.17) is 19.4 Å². The number of ether oxygens (including phenoxy) is 3. The molecule has 0 spiro atoms. The number of aliphatic imine (C=N–C) groups is 1. The first-order valence-electron chi connectivity index (χ1n) is 21.9. The van der Waals surface area contributed by atoms with Crippen molar-refractivity contribution in [2.75, 3.05) is 71.9 Å². The molecule has 4 fully saturated rings. The lowest BCUT2D eigenvalue weighted by Gasteiger charge is -2.40. The Kier molecular flexibility index (Phi) is 26.5. The summed E-state index contributed by atoms with van der Waals surface area (Å²) in [6.07, 6.45) is 5.64. The minimum absolute atomic E-state index is 0.0220. The van der Waals surface area contributed by atoms with E-state index in [9.17, 15) is 32.3 Å². The maximum absolute atomic E-state index is 12.4. The molecule has 4 saturated heterocycles. The number of likely N-dealkylation sites (tertiary alicyclic amines) is 3. The molecule has 4 heterocycles. The highest BCUT2D eigenvalue weighted by atomic mass is 79.9. The molecule has 0 aromatic heterocycles. The monoisotopic (exact) mass is 1090 g/mol. The number of carbonyl (C=O) groups excluding carboxylic acids is 4. The molecule has 3 N–H and O–H groups in total. The van der Waals surface area contributed by atoms with Crippen molar-refractivity contribution in [1.29, 1.82) is 0 Å². The van der Waals surface area contributed by atoms with Crippen molar-refractivity contribution in [3.05, 3.63) is 69.9 Å². The Bertz CT molecular complexity index is 1880. The van der Waals surface area contributed by atoms with E-state index in [0.717, 1.165) is 97.3 Å². The number of amides is 3. The molecule has 21 heteroatoms. The number of hydrogen-bond acceptors (Lipinski definition) is 11. The summed E-state index contributed by atoms with van der Waals surface area (Å²) < 4.78 is 48.3. The van der Waals surface area contributed by atoms with E-state index in [-0.39, 0.29) is 17.7 Å². The summed E-state index contributed by atoms with van der Waals surface area (Å²) in [5.74, 6) is 1.25. The van der Waals surface area contributed by atoms with E-state index in [0.29, 0.717) is 17.5 Å². The van der Waals surface area contributed by atoms with Gasteiger partial charge in [-0.15, -0.1) is 0 Å². The number of halogens is 6. The van der Waals surface area contributed by atoms with Crippen LogP contribution in [0.15, 0.2) is 74.9 Å². The molecule has 15 nitrogen and oxygen atoms in total. The van der Waals surface area contributed by atoms with Crippen molar-refractivity contribution in [2.24, 2.45) is 28.7 Å². The number of aliphatic carboxylic acids is 1. The van der Waals surface area contributed by atoms with E-state index in [1.165, 1.54) is 59.1 Å². The molecular weight excluding hydrogens is 1030 g/mol. The first kappa shape index (κ1) is 58.8. The molecule has 67 heavy (non-hydrogen) atoms. The molecule has 4 aliphatic heterocycles. The van der Waals surface area contributed by atoms with Crippen molar-refractivity contribution in [1.82, 2.24) is 20.0 Å². The summed E-state index contributed by atoms with van der Waals surface area (Å²) in [7, 11) is 2.65. The Morgan fingerprint density at radius 2 is 1.13 bits per heavy atom. The molecule has 2 aromatic carbocycles. The van der Waals surface area contributed by atoms with Gasteiger partial charge in [0.1, 0.15) is 5.60 Å². The van der Waals surface area contributed by atoms with Gasteiger partial charge in [-0.3, -0.25) is 0 Å². The molecule has 2 aromatic rings. The lowest BCUT2D eigenvalue weighted by Crippen LogP contribution is -2.45. The van der Waals surface area contributed by atoms with E-state index >= 15 is 0 Å². The third-order valence-corrected chi connectivity index (χ3v) is 12.5. The maximum Gasteiger partial charge on any atom is 0.490 e. The average molecular weight is 1100 g/mol. The Labute approximate surface area is 413 Å². The van der Waals surface area contributed by atoms with Gasteiger partial charge in [0.2, 0.25) is 6.08 Å². The van der Waals surface area contributed by atoms with Gasteiger partial charge in [0, 0.05) is 65.5 Å². The van der Waals surface area contributed by atoms with Crippen LogP contribution in [0.3, 0.4) is 0 Å². The van der Waals surface area contributed by atoms with Crippen LogP contribution >= 0.6 is 43.5 Å². The van der Waals surface area contributed by atoms with Crippen LogP contribution in [0, 0.1) is 23.7 Å². The predicted molar refractivity (Wildman–Crippen MR) is 258 cm³/mol. The van der Waals surface area contributed by atoms with Crippen LogP contribution in [0.5, 0.6) is 0 Å². The van der Waals surface area contributed by atoms with Crippen molar-refractivity contribution < 1.29 is 56.5 Å². The Hall–Kier alpha value is -4.36. The summed E-state index contributed by atoms with van der Waals surface area (Å²) in [5.41, 5.74) is 0.530. The number of alkyl halides is 3. The molecule has 0 aliphatic carbocycles. The number of isocyanates is 1. The molecule has 0 atom stereocenters. The van der Waals surface area contributed by atoms with Gasteiger partial charge in [0.15, 0.2) is 5.88 Å². The number of urea groups is 1. The maximum atomic E-state index is 12.4. The van der Waals surface area contributed by atoms with Crippen molar-refractivity contribution >= 4 is 84.4 Å². The molecule has 0 bridgehead atoms. The fourth-order valence-corrected chi connectivity index (χ4v) is 8.44. The SMILES string of the molecule is C=C(OC(C)(C)C)N1CCC(C2CCNCC2)CC1.COC(=O)Cl.COC(=O)N1CCC(C2CCN(C(=O)Nc3ccc(Br)cc3)CC2)CC1.O=C(O)C(F)(F)F.O=C=Nc1ccc(Br)cc1. The highest BCUT2D eigenvalue weighted by molar-refractivity contribution is 9.10. The molecule has 374 valence electrons. The number of nitrogens with zero attached hydrogens (tertiary/aromatic N) is 4. The second kappa shape index (κ2) is 30.2. The normalized spacial score (nSPS) is 17.1. The predicted octanol–water partition coefficient (Wildman–Crippen LogP) is 11.2. The number of rotatable bonds is 6. The summed E-state index contributed by atoms with van der Waals surface area (Å²) in [6.45, 7) is 18.2. The van der Waals surface area contributed by atoms with Crippen LogP contribution in [0.4, 0.5) is 38.9 Å². The number of piperidine rings is 4. The number of carbonyl (C=O) groups is 4. The fraction of sp³-hybridized carbons (Fsp3) is 0.587. The van der Waals surface area contributed by atoms with Gasteiger partial charge in [-0.2, -0.15) is 18.2 Å². The van der Waals surface area contributed by atoms with Crippen LogP contribution in [-0.2, 0) is 23.8 Å². The second-order valence-electron chi connectivity index (χ2n) is 17.0. The third-order valence-electron chi connectivity index (χ3n) is 11.3. The van der Waals surface area contributed by atoms with Gasteiger partial charge in [0.05, 0.1) is 19.9 Å². The van der Waals surface area contributed by atoms with Crippen LogP contribution in [0.1, 0.15) is 72.1 Å². The summed E-state index contributed by atoms with van der Waals surface area (Å²) in [5, 5.41) is 13.6. The number of methoxy groups -OCH3 is 2. The lowest BCUT2D eigenvalue weighted by molar-refractivity contribution is -0.192. The number of hydrogen-bond donors (Lipinski definition) is 3. The van der Waals surface area contributed by atoms with Gasteiger partial charge < -0.3 is 44.7 Å². The highest BCUT2D eigenvalue weighted by Gasteiger charge is 2.38. The zero-order chi connectivity index (χ0) is 50.2. The number of nitrogens with one attached hydrogen (secondary N) is 2. The minimum atomic E-state index is -5.08. The molecule has 4 aliphatic rings. The van der Waals surface area contributed by atoms with Crippen molar-refractivity contribution in [3.8, 4) is 0 Å². The molecule has 6 rings (SSSR count). The standard InChI is InChI=1S/C19H26BrN3O3.C16H30N2O.C7H4BrNO.C2H3ClO2.C2HF3O2/c1-26-19(25)23-12-8-15(9-13-23)14-6-10-22(11-7-14)18(24)21-17-4-2-16(20)3-5-17;1-13(19-16(2,3)4)18-11-7-15(8-12-18)14-5-9-17-10-6-14;8-6-1-3-7(4-2-6)9-5-10;1-5-2(3)4;3-2(4,5)1(6)7/h2-5,14-15H,6-13H2,1H3,(H,21,24);14-15,17H,1,5-12H2,2-4H3;1-4H;1H3;(H,6,7). The van der Waals surface area contributed by atoms with E-state index < -0.39 is 17.6 Å². The van der Waals surface area contributed by atoms with E-state index in [2.05, 4.69) is 96.1 Å². The molecule has 0 radical (unpaired) electrons. The number of carboxylic acid groups (broad SMARTS) is 1. The third kappa shape index (κ3) is 24.0. The minimum Gasteiger partial charge on any atom is -0.475 e. The van der Waals surface area contributed by atoms with Crippen LogP contribution in [0.25, 0.3) is 0 Å². The van der Waals surface area contributed by atoms with E-state index in [1.807, 2.05) is 41.3 Å². The number of anilines is 1. The second-order valence-corrected chi connectivity index (χ2v) is 19.1. The van der Waals surface area contributed by atoms with Gasteiger partial charge >= 0.3 is 29.7 Å². The Morgan fingerprint density at radius 3 is 1.51 bits per heavy atom. The first-order valence-corrected chi connectivity index (χ1v) is 23.9. The van der Waals surface area contributed by atoms with Gasteiger partial charge in [-0.25, -0.2) is 24.0 Å².